The van der Waals surface area contributed by atoms with Crippen molar-refractivity contribution in [3.05, 3.63) is 64.5 Å². The van der Waals surface area contributed by atoms with Gasteiger partial charge in [0.1, 0.15) is 0 Å². The van der Waals surface area contributed by atoms with E-state index in [4.69, 9.17) is 0 Å². The van der Waals surface area contributed by atoms with Gasteiger partial charge in [-0.25, -0.2) is 0 Å². The lowest BCUT2D eigenvalue weighted by Gasteiger charge is -2.10. The Morgan fingerprint density at radius 2 is 1.61 bits per heavy atom. The zero-order valence-corrected chi connectivity index (χ0v) is 11.0. The quantitative estimate of drug-likeness (QED) is 0.768. The minimum atomic E-state index is 0.146. The minimum absolute atomic E-state index is 0.146. The van der Waals surface area contributed by atoms with E-state index in [1.165, 1.54) is 16.7 Å². The van der Waals surface area contributed by atoms with Crippen LogP contribution in [0.2, 0.25) is 0 Å². The molecule has 0 saturated heterocycles. The highest BCUT2D eigenvalue weighted by molar-refractivity contribution is 5.97. The average Bonchev–Trinajstić information content (AvgIpc) is 2.34. The number of benzene rings is 1. The van der Waals surface area contributed by atoms with Crippen LogP contribution in [0.3, 0.4) is 0 Å². The Labute approximate surface area is 108 Å². The highest BCUT2D eigenvalue weighted by Gasteiger charge is 2.11. The summed E-state index contributed by atoms with van der Waals surface area (Å²) in [7, 11) is 0. The molecular weight excluding hydrogens is 222 g/mol. The van der Waals surface area contributed by atoms with Crippen LogP contribution in [0.25, 0.3) is 0 Å². The van der Waals surface area contributed by atoms with Crippen LogP contribution < -0.4 is 0 Å². The predicted octanol–water partition coefficient (Wildman–Crippen LogP) is 3.43. The Morgan fingerprint density at radius 3 is 2.17 bits per heavy atom. The van der Waals surface area contributed by atoms with E-state index < -0.39 is 0 Å². The molecule has 1 heterocycles. The summed E-state index contributed by atoms with van der Waals surface area (Å²) in [4.78, 5) is 16.1. The van der Waals surface area contributed by atoms with E-state index in [-0.39, 0.29) is 5.78 Å². The molecule has 0 bridgehead atoms. The van der Waals surface area contributed by atoms with E-state index in [9.17, 15) is 4.79 Å². The SMILES string of the molecule is Cc1cc(C)c(CC(=O)c2ccncc2)c(C)c1. The molecule has 0 fully saturated rings. The molecule has 2 rings (SSSR count). The normalized spacial score (nSPS) is 10.4. The fourth-order valence-corrected chi connectivity index (χ4v) is 2.29. The Bertz CT molecular complexity index is 550. The van der Waals surface area contributed by atoms with Gasteiger partial charge in [-0.3, -0.25) is 9.78 Å². The largest absolute Gasteiger partial charge is 0.294 e. The second kappa shape index (κ2) is 5.13. The Hall–Kier alpha value is -1.96. The predicted molar refractivity (Wildman–Crippen MR) is 72.9 cm³/mol. The van der Waals surface area contributed by atoms with E-state index in [1.54, 1.807) is 24.5 Å². The van der Waals surface area contributed by atoms with Gasteiger partial charge in [0.15, 0.2) is 5.78 Å². The van der Waals surface area contributed by atoms with Gasteiger partial charge < -0.3 is 0 Å². The van der Waals surface area contributed by atoms with Crippen LogP contribution in [0.5, 0.6) is 0 Å². The number of aromatic nitrogens is 1. The standard InChI is InChI=1S/C16H17NO/c1-11-8-12(2)15(13(3)9-11)10-16(18)14-4-6-17-7-5-14/h4-9H,10H2,1-3H3. The van der Waals surface area contributed by atoms with Gasteiger partial charge in [0.05, 0.1) is 0 Å². The molecule has 0 aliphatic rings. The molecule has 0 N–H and O–H groups in total. The molecule has 0 radical (unpaired) electrons. The number of carbonyl (C=O) groups excluding carboxylic acids is 1. The number of hydrogen-bond acceptors (Lipinski definition) is 2. The first-order valence-corrected chi connectivity index (χ1v) is 6.08. The van der Waals surface area contributed by atoms with E-state index in [2.05, 4.69) is 37.9 Å². The number of pyridine rings is 1. The van der Waals surface area contributed by atoms with Gasteiger partial charge in [0, 0.05) is 24.4 Å². The molecule has 0 unspecified atom stereocenters. The van der Waals surface area contributed by atoms with Gasteiger partial charge in [-0.05, 0) is 49.6 Å². The fourth-order valence-electron chi connectivity index (χ4n) is 2.29. The second-order valence-corrected chi connectivity index (χ2v) is 4.71. The lowest BCUT2D eigenvalue weighted by molar-refractivity contribution is 0.0992. The molecule has 1 aromatic carbocycles. The highest BCUT2D eigenvalue weighted by atomic mass is 16.1. The second-order valence-electron chi connectivity index (χ2n) is 4.71. The van der Waals surface area contributed by atoms with Crippen molar-refractivity contribution in [1.82, 2.24) is 4.98 Å². The van der Waals surface area contributed by atoms with Crippen LogP contribution in [0.1, 0.15) is 32.6 Å². The smallest absolute Gasteiger partial charge is 0.167 e. The molecule has 92 valence electrons. The number of aryl methyl sites for hydroxylation is 3. The van der Waals surface area contributed by atoms with E-state index in [0.717, 1.165) is 11.1 Å². The van der Waals surface area contributed by atoms with Crippen molar-refractivity contribution in [1.29, 1.82) is 0 Å². The van der Waals surface area contributed by atoms with Gasteiger partial charge in [0.2, 0.25) is 0 Å². The number of nitrogens with zero attached hydrogens (tertiary/aromatic N) is 1. The number of carbonyl (C=O) groups is 1. The molecule has 18 heavy (non-hydrogen) atoms. The van der Waals surface area contributed by atoms with Crippen molar-refractivity contribution < 1.29 is 4.79 Å². The number of rotatable bonds is 3. The molecular formula is C16H17NO. The summed E-state index contributed by atoms with van der Waals surface area (Å²) in [6.45, 7) is 6.21. The van der Waals surface area contributed by atoms with Crippen LogP contribution in [0, 0.1) is 20.8 Å². The summed E-state index contributed by atoms with van der Waals surface area (Å²) in [5, 5.41) is 0. The molecule has 2 nitrogen and oxygen atoms in total. The van der Waals surface area contributed by atoms with Gasteiger partial charge in [-0.2, -0.15) is 0 Å². The first kappa shape index (κ1) is 12.5. The Kier molecular flexibility index (Phi) is 3.56. The van der Waals surface area contributed by atoms with Gasteiger partial charge in [-0.15, -0.1) is 0 Å². The number of Topliss-reactive ketones (excluding diaryl/α,β-unsaturated/α-hetero) is 1. The van der Waals surface area contributed by atoms with Crippen molar-refractivity contribution in [2.75, 3.05) is 0 Å². The van der Waals surface area contributed by atoms with Crippen molar-refractivity contribution in [3.63, 3.8) is 0 Å². The molecule has 0 spiro atoms. The first-order chi connectivity index (χ1) is 8.58. The highest BCUT2D eigenvalue weighted by Crippen LogP contribution is 2.18. The van der Waals surface area contributed by atoms with Crippen LogP contribution >= 0.6 is 0 Å². The fraction of sp³-hybridized carbons (Fsp3) is 0.250. The lowest BCUT2D eigenvalue weighted by Crippen LogP contribution is -2.06. The molecule has 0 atom stereocenters. The van der Waals surface area contributed by atoms with Gasteiger partial charge in [0.25, 0.3) is 0 Å². The van der Waals surface area contributed by atoms with E-state index in [0.29, 0.717) is 6.42 Å². The van der Waals surface area contributed by atoms with Crippen LogP contribution in [-0.4, -0.2) is 10.8 Å². The van der Waals surface area contributed by atoms with Crippen molar-refractivity contribution >= 4 is 5.78 Å². The van der Waals surface area contributed by atoms with Crippen LogP contribution in [0.4, 0.5) is 0 Å². The maximum Gasteiger partial charge on any atom is 0.167 e. The maximum atomic E-state index is 12.2. The van der Waals surface area contributed by atoms with Gasteiger partial charge in [-0.1, -0.05) is 17.7 Å². The van der Waals surface area contributed by atoms with Gasteiger partial charge >= 0.3 is 0 Å². The van der Waals surface area contributed by atoms with E-state index >= 15 is 0 Å². The first-order valence-electron chi connectivity index (χ1n) is 6.08. The monoisotopic (exact) mass is 239 g/mol. The zero-order chi connectivity index (χ0) is 13.1. The van der Waals surface area contributed by atoms with Crippen LogP contribution in [0.15, 0.2) is 36.7 Å². The molecule has 1 aromatic heterocycles. The third kappa shape index (κ3) is 2.65. The molecule has 0 aliphatic heterocycles. The molecule has 2 heteroatoms. The zero-order valence-electron chi connectivity index (χ0n) is 11.0. The Morgan fingerprint density at radius 1 is 1.06 bits per heavy atom. The number of ketones is 1. The topological polar surface area (TPSA) is 30.0 Å². The molecule has 2 aromatic rings. The summed E-state index contributed by atoms with van der Waals surface area (Å²) in [5.74, 6) is 0.146. The van der Waals surface area contributed by atoms with Crippen molar-refractivity contribution in [2.24, 2.45) is 0 Å². The number of hydrogen-bond donors (Lipinski definition) is 0. The van der Waals surface area contributed by atoms with Crippen molar-refractivity contribution in [3.8, 4) is 0 Å². The maximum absolute atomic E-state index is 12.2. The summed E-state index contributed by atoms with van der Waals surface area (Å²) in [5.41, 5.74) is 5.49. The van der Waals surface area contributed by atoms with E-state index in [1.807, 2.05) is 0 Å². The Balaban J connectivity index is 2.28. The third-order valence-corrected chi connectivity index (χ3v) is 3.18. The minimum Gasteiger partial charge on any atom is -0.294 e. The molecule has 0 aliphatic carbocycles. The third-order valence-electron chi connectivity index (χ3n) is 3.18. The summed E-state index contributed by atoms with van der Waals surface area (Å²) >= 11 is 0. The van der Waals surface area contributed by atoms with Crippen molar-refractivity contribution in [2.45, 2.75) is 27.2 Å². The van der Waals surface area contributed by atoms with Crippen LogP contribution in [-0.2, 0) is 6.42 Å². The molecule has 0 saturated carbocycles. The lowest BCUT2D eigenvalue weighted by atomic mass is 9.94. The molecule has 0 amide bonds. The summed E-state index contributed by atoms with van der Waals surface area (Å²) in [6.07, 6.45) is 3.77. The summed E-state index contributed by atoms with van der Waals surface area (Å²) < 4.78 is 0. The summed E-state index contributed by atoms with van der Waals surface area (Å²) in [6, 6.07) is 7.78. The average molecular weight is 239 g/mol.